The number of anilines is 1. The van der Waals surface area contributed by atoms with Gasteiger partial charge in [-0.3, -0.25) is 9.89 Å². The number of halogens is 1. The summed E-state index contributed by atoms with van der Waals surface area (Å²) in [5.41, 5.74) is 13.2. The number of allylic oxidation sites excluding steroid dienone is 4. The van der Waals surface area contributed by atoms with Crippen LogP contribution in [0.1, 0.15) is 30.9 Å². The summed E-state index contributed by atoms with van der Waals surface area (Å²) in [6.45, 7) is 4.49. The third-order valence-corrected chi connectivity index (χ3v) is 6.34. The number of hydrogen-bond acceptors (Lipinski definition) is 4. The molecular formula is C27H27FN4O. The molecule has 0 atom stereocenters. The maximum atomic E-state index is 13.6. The molecule has 0 saturated carbocycles. The highest BCUT2D eigenvalue weighted by molar-refractivity contribution is 6.13. The number of fused-ring (bicyclic) bond motifs is 2. The molecule has 0 unspecified atom stereocenters. The molecule has 3 aromatic rings. The second-order valence-electron chi connectivity index (χ2n) is 8.69. The van der Waals surface area contributed by atoms with Crippen LogP contribution < -0.4 is 5.73 Å². The SMILES string of the molecule is CC(=Nc1ccc(CN2CC=C3CC=C(F)C=C3CC2)cc1)c1c(O)[nH]c2ccc(N)cc12. The number of nitrogens with zero attached hydrogens (tertiary/aromatic N) is 2. The molecule has 33 heavy (non-hydrogen) atoms. The predicted octanol–water partition coefficient (Wildman–Crippen LogP) is 5.91. The van der Waals surface area contributed by atoms with Gasteiger partial charge in [-0.1, -0.05) is 18.2 Å². The molecule has 6 heteroatoms. The van der Waals surface area contributed by atoms with Crippen molar-refractivity contribution in [1.82, 2.24) is 9.88 Å². The topological polar surface area (TPSA) is 77.6 Å². The summed E-state index contributed by atoms with van der Waals surface area (Å²) in [5, 5.41) is 11.3. The number of hydrogen-bond donors (Lipinski definition) is 3. The van der Waals surface area contributed by atoms with Crippen LogP contribution in [0, 0.1) is 0 Å². The Morgan fingerprint density at radius 3 is 2.79 bits per heavy atom. The zero-order valence-corrected chi connectivity index (χ0v) is 18.6. The minimum Gasteiger partial charge on any atom is -0.494 e. The van der Waals surface area contributed by atoms with Gasteiger partial charge in [0.15, 0.2) is 5.88 Å². The molecule has 168 valence electrons. The molecule has 1 aliphatic heterocycles. The highest BCUT2D eigenvalue weighted by Crippen LogP contribution is 2.31. The lowest BCUT2D eigenvalue weighted by atomic mass is 9.95. The largest absolute Gasteiger partial charge is 0.494 e. The highest BCUT2D eigenvalue weighted by atomic mass is 19.1. The molecule has 1 aromatic heterocycles. The fourth-order valence-corrected chi connectivity index (χ4v) is 4.60. The van der Waals surface area contributed by atoms with E-state index in [1.165, 1.54) is 11.1 Å². The van der Waals surface area contributed by atoms with E-state index in [1.807, 2.05) is 31.2 Å². The minimum absolute atomic E-state index is 0.0921. The first-order valence-corrected chi connectivity index (χ1v) is 11.2. The van der Waals surface area contributed by atoms with Crippen molar-refractivity contribution in [3.8, 4) is 5.88 Å². The van der Waals surface area contributed by atoms with Gasteiger partial charge in [-0.05, 0) is 79.0 Å². The van der Waals surface area contributed by atoms with E-state index < -0.39 is 0 Å². The first kappa shape index (κ1) is 21.2. The molecule has 0 fully saturated rings. The van der Waals surface area contributed by atoms with E-state index in [0.717, 1.165) is 48.2 Å². The number of nitrogens with one attached hydrogen (secondary N) is 1. The average Bonchev–Trinajstić information content (AvgIpc) is 2.99. The van der Waals surface area contributed by atoms with Crippen LogP contribution in [-0.2, 0) is 6.54 Å². The van der Waals surface area contributed by atoms with E-state index in [9.17, 15) is 9.50 Å². The first-order valence-electron chi connectivity index (χ1n) is 11.2. The van der Waals surface area contributed by atoms with Crippen molar-refractivity contribution >= 4 is 28.0 Å². The van der Waals surface area contributed by atoms with Gasteiger partial charge in [-0.15, -0.1) is 0 Å². The maximum Gasteiger partial charge on any atom is 0.198 e. The Labute approximate surface area is 192 Å². The summed E-state index contributed by atoms with van der Waals surface area (Å²) in [5.74, 6) is -0.0269. The van der Waals surface area contributed by atoms with Crippen LogP contribution in [0.2, 0.25) is 0 Å². The molecule has 0 amide bonds. The van der Waals surface area contributed by atoms with Gasteiger partial charge in [0.1, 0.15) is 5.83 Å². The smallest absolute Gasteiger partial charge is 0.198 e. The van der Waals surface area contributed by atoms with E-state index in [-0.39, 0.29) is 11.7 Å². The summed E-state index contributed by atoms with van der Waals surface area (Å²) in [6.07, 6.45) is 7.11. The van der Waals surface area contributed by atoms with Gasteiger partial charge in [0, 0.05) is 36.2 Å². The summed E-state index contributed by atoms with van der Waals surface area (Å²) in [7, 11) is 0. The number of benzene rings is 2. The summed E-state index contributed by atoms with van der Waals surface area (Å²) in [4.78, 5) is 10.1. The molecule has 4 N–H and O–H groups in total. The molecule has 2 aromatic carbocycles. The number of aromatic nitrogens is 1. The Hall–Kier alpha value is -3.64. The molecule has 1 aliphatic carbocycles. The van der Waals surface area contributed by atoms with Crippen molar-refractivity contribution in [2.24, 2.45) is 4.99 Å². The molecule has 0 bridgehead atoms. The van der Waals surface area contributed by atoms with Crippen LogP contribution in [0.5, 0.6) is 5.88 Å². The molecule has 2 aliphatic rings. The molecule has 0 radical (unpaired) electrons. The Bertz CT molecular complexity index is 1330. The van der Waals surface area contributed by atoms with E-state index >= 15 is 0 Å². The maximum absolute atomic E-state index is 13.6. The second kappa shape index (κ2) is 8.71. The summed E-state index contributed by atoms with van der Waals surface area (Å²) in [6, 6.07) is 13.7. The van der Waals surface area contributed by atoms with Gasteiger partial charge < -0.3 is 15.8 Å². The molecule has 0 spiro atoms. The molecule has 2 heterocycles. The standard InChI is InChI=1S/C27H27FN4O/c1-17(26-24-15-22(29)6-9-25(24)31-27(26)33)30-23-7-2-18(3-8-23)16-32-12-10-19-4-5-21(28)14-20(19)11-13-32/h2-3,5-10,14-15,31,33H,4,11-13,16,29H2,1H3. The van der Waals surface area contributed by atoms with Crippen LogP contribution >= 0.6 is 0 Å². The lowest BCUT2D eigenvalue weighted by Crippen LogP contribution is -2.23. The van der Waals surface area contributed by atoms with Crippen molar-refractivity contribution < 1.29 is 9.50 Å². The third kappa shape index (κ3) is 4.47. The lowest BCUT2D eigenvalue weighted by Gasteiger charge is -2.19. The Kier molecular flexibility index (Phi) is 5.60. The van der Waals surface area contributed by atoms with Gasteiger partial charge >= 0.3 is 0 Å². The Balaban J connectivity index is 1.30. The van der Waals surface area contributed by atoms with Gasteiger partial charge in [-0.25, -0.2) is 4.39 Å². The van der Waals surface area contributed by atoms with Gasteiger partial charge in [0.25, 0.3) is 0 Å². The third-order valence-electron chi connectivity index (χ3n) is 6.34. The molecule has 0 saturated heterocycles. The van der Waals surface area contributed by atoms with E-state index in [0.29, 0.717) is 23.4 Å². The highest BCUT2D eigenvalue weighted by Gasteiger charge is 2.17. The zero-order valence-electron chi connectivity index (χ0n) is 18.6. The molecular weight excluding hydrogens is 415 g/mol. The van der Waals surface area contributed by atoms with Crippen molar-refractivity contribution in [2.75, 3.05) is 18.8 Å². The summed E-state index contributed by atoms with van der Waals surface area (Å²) >= 11 is 0. The molecule has 5 nitrogen and oxygen atoms in total. The van der Waals surface area contributed by atoms with Crippen LogP contribution in [0.25, 0.3) is 10.9 Å². The van der Waals surface area contributed by atoms with Crippen LogP contribution in [-0.4, -0.2) is 33.8 Å². The van der Waals surface area contributed by atoms with E-state index in [4.69, 9.17) is 10.7 Å². The van der Waals surface area contributed by atoms with Gasteiger partial charge in [0.05, 0.1) is 17.0 Å². The number of nitrogens with two attached hydrogens (primary N) is 1. The number of aromatic amines is 1. The normalized spacial score (nSPS) is 17.3. The number of nitrogen functional groups attached to an aromatic ring is 1. The fourth-order valence-electron chi connectivity index (χ4n) is 4.60. The van der Waals surface area contributed by atoms with Crippen molar-refractivity contribution in [3.63, 3.8) is 0 Å². The Morgan fingerprint density at radius 1 is 1.15 bits per heavy atom. The monoisotopic (exact) mass is 442 g/mol. The first-order chi connectivity index (χ1) is 16.0. The van der Waals surface area contributed by atoms with Crippen LogP contribution in [0.3, 0.4) is 0 Å². The second-order valence-corrected chi connectivity index (χ2v) is 8.69. The van der Waals surface area contributed by atoms with Crippen LogP contribution in [0.4, 0.5) is 15.8 Å². The number of rotatable bonds is 4. The quantitative estimate of drug-likeness (QED) is 0.347. The number of aliphatic imine (C=N–C) groups is 1. The number of aromatic hydroxyl groups is 1. The van der Waals surface area contributed by atoms with Crippen molar-refractivity contribution in [2.45, 2.75) is 26.3 Å². The Morgan fingerprint density at radius 2 is 1.97 bits per heavy atom. The van der Waals surface area contributed by atoms with Gasteiger partial charge in [0.2, 0.25) is 0 Å². The zero-order chi connectivity index (χ0) is 22.9. The van der Waals surface area contributed by atoms with Gasteiger partial charge in [-0.2, -0.15) is 0 Å². The number of H-pyrrole nitrogens is 1. The minimum atomic E-state index is -0.119. The van der Waals surface area contributed by atoms with E-state index in [2.05, 4.69) is 28.1 Å². The average molecular weight is 443 g/mol. The predicted molar refractivity (Wildman–Crippen MR) is 133 cm³/mol. The molecule has 5 rings (SSSR count). The van der Waals surface area contributed by atoms with E-state index in [1.54, 1.807) is 18.2 Å². The summed E-state index contributed by atoms with van der Waals surface area (Å²) < 4.78 is 13.6. The lowest BCUT2D eigenvalue weighted by molar-refractivity contribution is 0.302. The van der Waals surface area contributed by atoms with Crippen molar-refractivity contribution in [1.29, 1.82) is 0 Å². The fraction of sp³-hybridized carbons (Fsp3) is 0.222. The van der Waals surface area contributed by atoms with Crippen molar-refractivity contribution in [3.05, 3.63) is 88.8 Å². The van der Waals surface area contributed by atoms with Crippen LogP contribution in [0.15, 0.2) is 82.7 Å².